The molecule has 0 aromatic carbocycles. The Balaban J connectivity index is 2.95. The molecule has 0 saturated carbocycles. The van der Waals surface area contributed by atoms with Gasteiger partial charge in [0.15, 0.2) is 10.8 Å². The Hall–Kier alpha value is -0.950. The van der Waals surface area contributed by atoms with Gasteiger partial charge in [0.2, 0.25) is 0 Å². The quantitative estimate of drug-likeness (QED) is 0.852. The minimum absolute atomic E-state index is 0.0169. The normalized spacial score (nSPS) is 12.8. The first-order chi connectivity index (χ1) is 7.68. The van der Waals surface area contributed by atoms with Gasteiger partial charge in [-0.3, -0.25) is 4.79 Å². The maximum absolute atomic E-state index is 12.3. The number of hydrogen-bond donors (Lipinski definition) is 1. The summed E-state index contributed by atoms with van der Waals surface area (Å²) in [6.45, 7) is 5.64. The molecule has 17 heavy (non-hydrogen) atoms. The number of thiazole rings is 1. The van der Waals surface area contributed by atoms with Crippen molar-refractivity contribution in [3.05, 3.63) is 16.1 Å². The van der Waals surface area contributed by atoms with Crippen molar-refractivity contribution < 1.29 is 18.0 Å². The smallest absolute Gasteiger partial charge is 0.305 e. The molecule has 0 fully saturated rings. The molecule has 1 rings (SSSR count). The van der Waals surface area contributed by atoms with Gasteiger partial charge >= 0.3 is 6.18 Å². The fourth-order valence-corrected chi connectivity index (χ4v) is 2.22. The van der Waals surface area contributed by atoms with Crippen molar-refractivity contribution in [2.45, 2.75) is 32.5 Å². The zero-order valence-electron chi connectivity index (χ0n) is 9.68. The SMILES string of the molecule is CCNC(C)(C)C(=O)c1cnc(C(F)(F)F)s1. The molecule has 1 N–H and O–H groups in total. The first-order valence-electron chi connectivity index (χ1n) is 5.01. The molecule has 0 spiro atoms. The largest absolute Gasteiger partial charge is 0.443 e. The number of nitrogens with one attached hydrogen (secondary N) is 1. The Morgan fingerprint density at radius 2 is 2.06 bits per heavy atom. The first kappa shape index (κ1) is 14.1. The number of carbonyl (C=O) groups is 1. The number of rotatable bonds is 4. The molecule has 0 aliphatic rings. The number of aromatic nitrogens is 1. The Morgan fingerprint density at radius 3 is 2.47 bits per heavy atom. The molecule has 1 aromatic rings. The van der Waals surface area contributed by atoms with E-state index in [4.69, 9.17) is 0 Å². The van der Waals surface area contributed by atoms with Crippen LogP contribution in [0.1, 0.15) is 35.5 Å². The van der Waals surface area contributed by atoms with E-state index in [1.165, 1.54) is 0 Å². The highest BCUT2D eigenvalue weighted by Crippen LogP contribution is 2.33. The van der Waals surface area contributed by atoms with Crippen molar-refractivity contribution >= 4 is 17.1 Å². The molecule has 0 aliphatic heterocycles. The zero-order chi connectivity index (χ0) is 13.3. The molecular weight excluding hydrogens is 253 g/mol. The fraction of sp³-hybridized carbons (Fsp3) is 0.600. The second kappa shape index (κ2) is 4.73. The number of Topliss-reactive ketones (excluding diaryl/α,β-unsaturated/α-hetero) is 1. The van der Waals surface area contributed by atoms with Gasteiger partial charge in [-0.25, -0.2) is 4.98 Å². The van der Waals surface area contributed by atoms with E-state index in [1.807, 2.05) is 6.92 Å². The summed E-state index contributed by atoms with van der Waals surface area (Å²) in [5.74, 6) is -0.382. The topological polar surface area (TPSA) is 42.0 Å². The summed E-state index contributed by atoms with van der Waals surface area (Å²) in [6, 6.07) is 0. The minimum atomic E-state index is -4.49. The van der Waals surface area contributed by atoms with Crippen LogP contribution in [-0.4, -0.2) is 22.9 Å². The first-order valence-corrected chi connectivity index (χ1v) is 5.83. The Kier molecular flexibility index (Phi) is 3.93. The van der Waals surface area contributed by atoms with Gasteiger partial charge in [0.05, 0.1) is 10.4 Å². The molecule has 3 nitrogen and oxygen atoms in total. The van der Waals surface area contributed by atoms with Gasteiger partial charge in [-0.05, 0) is 20.4 Å². The van der Waals surface area contributed by atoms with Crippen molar-refractivity contribution in [3.63, 3.8) is 0 Å². The highest BCUT2D eigenvalue weighted by atomic mass is 32.1. The lowest BCUT2D eigenvalue weighted by Crippen LogP contribution is -2.46. The molecular formula is C10H13F3N2OS. The second-order valence-corrected chi connectivity index (χ2v) is 5.04. The van der Waals surface area contributed by atoms with Gasteiger partial charge in [-0.15, -0.1) is 11.3 Å². The second-order valence-electron chi connectivity index (χ2n) is 4.01. The maximum atomic E-state index is 12.3. The number of halogens is 3. The van der Waals surface area contributed by atoms with Gasteiger partial charge < -0.3 is 5.32 Å². The van der Waals surface area contributed by atoms with E-state index in [0.717, 1.165) is 6.20 Å². The van der Waals surface area contributed by atoms with Crippen molar-refractivity contribution in [1.29, 1.82) is 0 Å². The monoisotopic (exact) mass is 266 g/mol. The average Bonchev–Trinajstić information content (AvgIpc) is 2.64. The summed E-state index contributed by atoms with van der Waals surface area (Å²) in [6.07, 6.45) is -3.51. The highest BCUT2D eigenvalue weighted by molar-refractivity contribution is 7.13. The van der Waals surface area contributed by atoms with Gasteiger partial charge in [-0.1, -0.05) is 6.92 Å². The van der Waals surface area contributed by atoms with E-state index in [1.54, 1.807) is 13.8 Å². The van der Waals surface area contributed by atoms with Crippen LogP contribution in [0.5, 0.6) is 0 Å². The molecule has 0 saturated heterocycles. The van der Waals surface area contributed by atoms with Crippen LogP contribution in [0.25, 0.3) is 0 Å². The Bertz CT molecular complexity index is 412. The lowest BCUT2D eigenvalue weighted by molar-refractivity contribution is -0.137. The van der Waals surface area contributed by atoms with E-state index in [-0.39, 0.29) is 10.7 Å². The fourth-order valence-electron chi connectivity index (χ4n) is 1.34. The molecule has 1 aromatic heterocycles. The third-order valence-electron chi connectivity index (χ3n) is 2.16. The number of carbonyl (C=O) groups excluding carboxylic acids is 1. The van der Waals surface area contributed by atoms with Crippen LogP contribution in [0.4, 0.5) is 13.2 Å². The van der Waals surface area contributed by atoms with Crippen molar-refractivity contribution in [2.24, 2.45) is 0 Å². The average molecular weight is 266 g/mol. The number of ketones is 1. The third-order valence-corrected chi connectivity index (χ3v) is 3.20. The Labute approximate surface area is 101 Å². The molecule has 96 valence electrons. The van der Waals surface area contributed by atoms with Crippen molar-refractivity contribution in [1.82, 2.24) is 10.3 Å². The lowest BCUT2D eigenvalue weighted by atomic mass is 9.98. The van der Waals surface area contributed by atoms with Crippen LogP contribution in [0.3, 0.4) is 0 Å². The molecule has 0 radical (unpaired) electrons. The van der Waals surface area contributed by atoms with Crippen LogP contribution >= 0.6 is 11.3 Å². The summed E-state index contributed by atoms with van der Waals surface area (Å²) in [7, 11) is 0. The molecule has 0 aliphatic carbocycles. The summed E-state index contributed by atoms with van der Waals surface area (Å²) in [5, 5.41) is 1.92. The van der Waals surface area contributed by atoms with Crippen molar-refractivity contribution in [3.8, 4) is 0 Å². The van der Waals surface area contributed by atoms with Crippen LogP contribution in [-0.2, 0) is 6.18 Å². The Morgan fingerprint density at radius 1 is 1.47 bits per heavy atom. The molecule has 7 heteroatoms. The van der Waals surface area contributed by atoms with Gasteiger partial charge in [-0.2, -0.15) is 13.2 Å². The van der Waals surface area contributed by atoms with Gasteiger partial charge in [0.1, 0.15) is 0 Å². The summed E-state index contributed by atoms with van der Waals surface area (Å²) in [5.41, 5.74) is -0.885. The molecule has 0 amide bonds. The maximum Gasteiger partial charge on any atom is 0.443 e. The molecule has 0 unspecified atom stereocenters. The standard InChI is InChI=1S/C10H13F3N2OS/c1-4-15-9(2,3)7(16)6-5-14-8(17-6)10(11,12)13/h5,15H,4H2,1-3H3. The van der Waals surface area contributed by atoms with E-state index < -0.39 is 16.7 Å². The number of hydrogen-bond acceptors (Lipinski definition) is 4. The van der Waals surface area contributed by atoms with E-state index in [0.29, 0.717) is 17.9 Å². The van der Waals surface area contributed by atoms with Crippen LogP contribution in [0.15, 0.2) is 6.20 Å². The predicted octanol–water partition coefficient (Wildman–Crippen LogP) is 2.73. The predicted molar refractivity (Wildman–Crippen MR) is 59.2 cm³/mol. The number of likely N-dealkylation sites (N-methyl/N-ethyl adjacent to an activating group) is 1. The summed E-state index contributed by atoms with van der Waals surface area (Å²) >= 11 is 0.375. The van der Waals surface area contributed by atoms with Crippen molar-refractivity contribution in [2.75, 3.05) is 6.54 Å². The number of alkyl halides is 3. The van der Waals surface area contributed by atoms with E-state index >= 15 is 0 Å². The van der Waals surface area contributed by atoms with E-state index in [9.17, 15) is 18.0 Å². The van der Waals surface area contributed by atoms with E-state index in [2.05, 4.69) is 10.3 Å². The molecule has 0 atom stereocenters. The van der Waals surface area contributed by atoms with Crippen LogP contribution in [0, 0.1) is 0 Å². The minimum Gasteiger partial charge on any atom is -0.305 e. The third kappa shape index (κ3) is 3.26. The zero-order valence-corrected chi connectivity index (χ0v) is 10.5. The van der Waals surface area contributed by atoms with Crippen LogP contribution < -0.4 is 5.32 Å². The summed E-state index contributed by atoms with van der Waals surface area (Å²) in [4.78, 5) is 15.2. The summed E-state index contributed by atoms with van der Waals surface area (Å²) < 4.78 is 37.0. The number of nitrogens with zero attached hydrogens (tertiary/aromatic N) is 1. The molecule has 0 bridgehead atoms. The van der Waals surface area contributed by atoms with Crippen LogP contribution in [0.2, 0.25) is 0 Å². The lowest BCUT2D eigenvalue weighted by Gasteiger charge is -2.22. The molecule has 1 heterocycles. The van der Waals surface area contributed by atoms with Gasteiger partial charge in [0, 0.05) is 6.20 Å². The van der Waals surface area contributed by atoms with Gasteiger partial charge in [0.25, 0.3) is 0 Å². The highest BCUT2D eigenvalue weighted by Gasteiger charge is 2.37.